The Balaban J connectivity index is 1.77. The fraction of sp³-hybridized carbons (Fsp3) is 0.348. The zero-order valence-electron chi connectivity index (χ0n) is 17.4. The van der Waals surface area contributed by atoms with Crippen LogP contribution in [0, 0.1) is 0 Å². The van der Waals surface area contributed by atoms with Crippen molar-refractivity contribution in [1.82, 2.24) is 10.9 Å². The van der Waals surface area contributed by atoms with Crippen molar-refractivity contribution < 1.29 is 23.9 Å². The highest BCUT2D eigenvalue weighted by atomic mass is 16.5. The molecule has 7 nitrogen and oxygen atoms in total. The van der Waals surface area contributed by atoms with Gasteiger partial charge in [-0.1, -0.05) is 32.6 Å². The molecule has 2 aromatic rings. The lowest BCUT2D eigenvalue weighted by atomic mass is 10.1. The molecule has 0 aliphatic heterocycles. The second-order valence-electron chi connectivity index (χ2n) is 6.76. The number of carbonyl (C=O) groups is 3. The summed E-state index contributed by atoms with van der Waals surface area (Å²) >= 11 is 0. The number of carbonyl (C=O) groups excluding carboxylic acids is 3. The molecule has 0 aromatic heterocycles. The number of hydrogen-bond acceptors (Lipinski definition) is 5. The lowest BCUT2D eigenvalue weighted by Crippen LogP contribution is -2.41. The van der Waals surface area contributed by atoms with E-state index in [4.69, 9.17) is 4.74 Å². The highest BCUT2D eigenvalue weighted by Gasteiger charge is 2.11. The van der Waals surface area contributed by atoms with E-state index in [0.717, 1.165) is 12.8 Å². The summed E-state index contributed by atoms with van der Waals surface area (Å²) in [4.78, 5) is 35.8. The monoisotopic (exact) mass is 412 g/mol. The van der Waals surface area contributed by atoms with E-state index in [1.165, 1.54) is 50.6 Å². The second kappa shape index (κ2) is 12.3. The fourth-order valence-corrected chi connectivity index (χ4v) is 2.73. The predicted octanol–water partition coefficient (Wildman–Crippen LogP) is 3.90. The van der Waals surface area contributed by atoms with Gasteiger partial charge in [0.15, 0.2) is 0 Å². The van der Waals surface area contributed by atoms with Gasteiger partial charge in [-0.2, -0.15) is 0 Å². The molecular weight excluding hydrogens is 384 g/mol. The lowest BCUT2D eigenvalue weighted by molar-refractivity contribution is 0.0600. The first-order valence-corrected chi connectivity index (χ1v) is 10.1. The van der Waals surface area contributed by atoms with Crippen molar-refractivity contribution in [3.63, 3.8) is 0 Å². The van der Waals surface area contributed by atoms with Crippen molar-refractivity contribution in [3.05, 3.63) is 65.2 Å². The van der Waals surface area contributed by atoms with Crippen LogP contribution in [0.15, 0.2) is 48.5 Å². The Morgan fingerprint density at radius 1 is 0.733 bits per heavy atom. The Bertz CT molecular complexity index is 832. The van der Waals surface area contributed by atoms with E-state index in [-0.39, 0.29) is 0 Å². The number of amides is 2. The molecule has 0 radical (unpaired) electrons. The largest absolute Gasteiger partial charge is 0.494 e. The quantitative estimate of drug-likeness (QED) is 0.351. The Morgan fingerprint density at radius 2 is 1.23 bits per heavy atom. The summed E-state index contributed by atoms with van der Waals surface area (Å²) in [5.74, 6) is -0.723. The van der Waals surface area contributed by atoms with Gasteiger partial charge in [-0.15, -0.1) is 0 Å². The second-order valence-corrected chi connectivity index (χ2v) is 6.76. The van der Waals surface area contributed by atoms with Gasteiger partial charge >= 0.3 is 5.97 Å². The molecule has 2 N–H and O–H groups in total. The van der Waals surface area contributed by atoms with E-state index in [9.17, 15) is 14.4 Å². The van der Waals surface area contributed by atoms with Gasteiger partial charge in [0, 0.05) is 11.1 Å². The van der Waals surface area contributed by atoms with Gasteiger partial charge in [0.05, 0.1) is 19.3 Å². The fourth-order valence-electron chi connectivity index (χ4n) is 2.73. The van der Waals surface area contributed by atoms with E-state index in [0.29, 0.717) is 29.0 Å². The number of hydrogen-bond donors (Lipinski definition) is 2. The van der Waals surface area contributed by atoms with Crippen LogP contribution in [-0.2, 0) is 4.74 Å². The highest BCUT2D eigenvalue weighted by molar-refractivity contribution is 5.99. The number of ether oxygens (including phenoxy) is 2. The Kier molecular flexibility index (Phi) is 9.37. The predicted molar refractivity (Wildman–Crippen MR) is 113 cm³/mol. The van der Waals surface area contributed by atoms with Crippen LogP contribution in [0.4, 0.5) is 0 Å². The topological polar surface area (TPSA) is 93.7 Å². The third-order valence-electron chi connectivity index (χ3n) is 4.49. The van der Waals surface area contributed by atoms with E-state index >= 15 is 0 Å². The van der Waals surface area contributed by atoms with E-state index < -0.39 is 17.8 Å². The van der Waals surface area contributed by atoms with E-state index in [2.05, 4.69) is 22.5 Å². The van der Waals surface area contributed by atoms with Gasteiger partial charge in [0.1, 0.15) is 5.75 Å². The minimum absolute atomic E-state index is 0.297. The highest BCUT2D eigenvalue weighted by Crippen LogP contribution is 2.13. The lowest BCUT2D eigenvalue weighted by Gasteiger charge is -2.09. The summed E-state index contributed by atoms with van der Waals surface area (Å²) < 4.78 is 10.3. The van der Waals surface area contributed by atoms with Crippen LogP contribution in [0.3, 0.4) is 0 Å². The van der Waals surface area contributed by atoms with Gasteiger partial charge in [0.2, 0.25) is 0 Å². The van der Waals surface area contributed by atoms with Gasteiger partial charge in [-0.3, -0.25) is 20.4 Å². The van der Waals surface area contributed by atoms with Gasteiger partial charge in [-0.05, 0) is 55.0 Å². The number of hydrazine groups is 1. The van der Waals surface area contributed by atoms with Crippen molar-refractivity contribution >= 4 is 17.8 Å². The number of unbranched alkanes of at least 4 members (excludes halogenated alkanes) is 4. The van der Waals surface area contributed by atoms with Crippen LogP contribution >= 0.6 is 0 Å². The molecule has 2 rings (SSSR count). The number of rotatable bonds is 10. The standard InChI is InChI=1S/C23H28N2O5/c1-3-4-5-6-7-16-30-20-14-12-18(13-15-20)22(27)25-24-21(26)17-8-10-19(11-9-17)23(28)29-2/h8-15H,3-7,16H2,1-2H3,(H,24,26)(H,25,27). The zero-order valence-corrected chi connectivity index (χ0v) is 17.4. The van der Waals surface area contributed by atoms with Gasteiger partial charge < -0.3 is 9.47 Å². The maximum atomic E-state index is 12.2. The van der Waals surface area contributed by atoms with Gasteiger partial charge in [0.25, 0.3) is 11.8 Å². The minimum atomic E-state index is -0.497. The molecule has 30 heavy (non-hydrogen) atoms. The smallest absolute Gasteiger partial charge is 0.337 e. The minimum Gasteiger partial charge on any atom is -0.494 e. The summed E-state index contributed by atoms with van der Waals surface area (Å²) in [5.41, 5.74) is 5.74. The van der Waals surface area contributed by atoms with Crippen LogP contribution in [-0.4, -0.2) is 31.5 Å². The summed E-state index contributed by atoms with van der Waals surface area (Å²) in [6.45, 7) is 2.84. The molecule has 2 amide bonds. The van der Waals surface area contributed by atoms with Crippen molar-refractivity contribution in [2.45, 2.75) is 39.0 Å². The Hall–Kier alpha value is -3.35. The maximum absolute atomic E-state index is 12.2. The molecule has 0 heterocycles. The van der Waals surface area contributed by atoms with Crippen LogP contribution in [0.5, 0.6) is 5.75 Å². The van der Waals surface area contributed by atoms with Crippen LogP contribution < -0.4 is 15.6 Å². The molecule has 0 saturated heterocycles. The molecule has 0 unspecified atom stereocenters. The Labute approximate surface area is 176 Å². The average molecular weight is 412 g/mol. The van der Waals surface area contributed by atoms with Crippen LogP contribution in [0.25, 0.3) is 0 Å². The molecule has 0 fully saturated rings. The maximum Gasteiger partial charge on any atom is 0.337 e. The first-order chi connectivity index (χ1) is 14.5. The van der Waals surface area contributed by atoms with Crippen molar-refractivity contribution in [1.29, 1.82) is 0 Å². The van der Waals surface area contributed by atoms with Crippen LogP contribution in [0.1, 0.15) is 70.1 Å². The van der Waals surface area contributed by atoms with Crippen molar-refractivity contribution in [2.24, 2.45) is 0 Å². The summed E-state index contributed by atoms with van der Waals surface area (Å²) in [6.07, 6.45) is 5.85. The number of nitrogens with one attached hydrogen (secondary N) is 2. The number of methoxy groups -OCH3 is 1. The van der Waals surface area contributed by atoms with Crippen molar-refractivity contribution in [2.75, 3.05) is 13.7 Å². The summed E-state index contributed by atoms with van der Waals surface area (Å²) in [6, 6.07) is 12.6. The average Bonchev–Trinajstić information content (AvgIpc) is 2.79. The zero-order chi connectivity index (χ0) is 21.8. The molecule has 160 valence electrons. The van der Waals surface area contributed by atoms with Crippen molar-refractivity contribution in [3.8, 4) is 5.75 Å². The molecule has 7 heteroatoms. The third-order valence-corrected chi connectivity index (χ3v) is 4.49. The SMILES string of the molecule is CCCCCCCOc1ccc(C(=O)NNC(=O)c2ccc(C(=O)OC)cc2)cc1. The summed E-state index contributed by atoms with van der Waals surface area (Å²) in [5, 5.41) is 0. The molecule has 0 atom stereocenters. The molecular formula is C23H28N2O5. The van der Waals surface area contributed by atoms with Crippen LogP contribution in [0.2, 0.25) is 0 Å². The van der Waals surface area contributed by atoms with Gasteiger partial charge in [-0.25, -0.2) is 4.79 Å². The number of benzene rings is 2. The number of esters is 1. The first kappa shape index (κ1) is 22.9. The van der Waals surface area contributed by atoms with E-state index in [1.54, 1.807) is 24.3 Å². The summed E-state index contributed by atoms with van der Waals surface area (Å²) in [7, 11) is 1.28. The molecule has 2 aromatic carbocycles. The molecule has 0 bridgehead atoms. The third kappa shape index (κ3) is 7.24. The first-order valence-electron chi connectivity index (χ1n) is 10.1. The molecule has 0 aliphatic rings. The van der Waals surface area contributed by atoms with E-state index in [1.807, 2.05) is 0 Å². The Morgan fingerprint density at radius 3 is 1.77 bits per heavy atom. The molecule has 0 spiro atoms. The normalized spacial score (nSPS) is 10.2. The molecule has 0 aliphatic carbocycles. The molecule has 0 saturated carbocycles.